The van der Waals surface area contributed by atoms with Gasteiger partial charge in [0.25, 0.3) is 17.7 Å². The van der Waals surface area contributed by atoms with Gasteiger partial charge in [-0.05, 0) is 108 Å². The van der Waals surface area contributed by atoms with E-state index in [1.165, 1.54) is 17.0 Å². The van der Waals surface area contributed by atoms with Gasteiger partial charge in [-0.15, -0.1) is 0 Å². The van der Waals surface area contributed by atoms with Crippen LogP contribution in [-0.4, -0.2) is 101 Å². The number of aryl methyl sites for hydroxylation is 1. The molecule has 5 heterocycles. The summed E-state index contributed by atoms with van der Waals surface area (Å²) in [6.45, 7) is 13.5. The van der Waals surface area contributed by atoms with Crippen molar-refractivity contribution in [2.24, 2.45) is 0 Å². The molecule has 4 amide bonds. The minimum absolute atomic E-state index is 0.0552. The molecule has 3 aliphatic rings. The minimum atomic E-state index is -1.36. The number of piperidine rings is 1. The highest BCUT2D eigenvalue weighted by molar-refractivity contribution is 6.76. The third kappa shape index (κ3) is 10.6. The minimum Gasteiger partial charge on any atom is -0.443 e. The molecule has 63 heavy (non-hydrogen) atoms. The number of anilines is 1. The summed E-state index contributed by atoms with van der Waals surface area (Å²) < 4.78 is 27.9. The number of likely N-dealkylation sites (tertiary alicyclic amines) is 2. The zero-order valence-corrected chi connectivity index (χ0v) is 38.3. The van der Waals surface area contributed by atoms with Gasteiger partial charge in [-0.1, -0.05) is 43.6 Å². The summed E-state index contributed by atoms with van der Waals surface area (Å²) in [5.41, 5.74) is 3.35. The second-order valence-electron chi connectivity index (χ2n) is 18.9. The lowest BCUT2D eigenvalue weighted by molar-refractivity contribution is -0.158. The Kier molecular flexibility index (Phi) is 13.4. The van der Waals surface area contributed by atoms with Gasteiger partial charge in [0.15, 0.2) is 0 Å². The second-order valence-corrected chi connectivity index (χ2v) is 24.6. The van der Waals surface area contributed by atoms with Gasteiger partial charge in [0.05, 0.1) is 11.6 Å². The fourth-order valence-corrected chi connectivity index (χ4v) is 9.08. The van der Waals surface area contributed by atoms with E-state index in [-0.39, 0.29) is 49.5 Å². The molecule has 0 aliphatic carbocycles. The Balaban J connectivity index is 0.951. The molecule has 332 valence electrons. The molecule has 0 saturated carbocycles. The van der Waals surface area contributed by atoms with Gasteiger partial charge in [0, 0.05) is 79.7 Å². The van der Waals surface area contributed by atoms with E-state index < -0.39 is 43.4 Å². The van der Waals surface area contributed by atoms with Gasteiger partial charge in [-0.3, -0.25) is 29.0 Å². The van der Waals surface area contributed by atoms with Gasteiger partial charge >= 0.3 is 6.09 Å². The number of ether oxygens (including phenoxy) is 2. The van der Waals surface area contributed by atoms with Crippen LogP contribution in [0.3, 0.4) is 0 Å². The number of pyridine rings is 1. The number of benzene rings is 2. The summed E-state index contributed by atoms with van der Waals surface area (Å²) in [4.78, 5) is 75.8. The number of hydrogen-bond donors (Lipinski definition) is 1. The fraction of sp³-hybridized carbons (Fsp3) is 0.458. The maximum Gasteiger partial charge on any atom is 0.419 e. The van der Waals surface area contributed by atoms with Crippen LogP contribution in [0, 0.1) is 17.7 Å². The molecular formula is C48H57FN6O7Si. The Morgan fingerprint density at radius 1 is 1.02 bits per heavy atom. The summed E-state index contributed by atoms with van der Waals surface area (Å²) >= 11 is 0. The summed E-state index contributed by atoms with van der Waals surface area (Å²) in [5.74, 6) is 4.30. The van der Waals surface area contributed by atoms with E-state index in [9.17, 15) is 28.4 Å². The number of imide groups is 1. The van der Waals surface area contributed by atoms with Crippen molar-refractivity contribution in [2.75, 3.05) is 32.2 Å². The maximum absolute atomic E-state index is 14.8. The highest BCUT2D eigenvalue weighted by atomic mass is 28.3. The van der Waals surface area contributed by atoms with Crippen LogP contribution < -0.4 is 5.32 Å². The van der Waals surface area contributed by atoms with Crippen molar-refractivity contribution in [1.29, 1.82) is 0 Å². The third-order valence-corrected chi connectivity index (χ3v) is 13.4. The molecule has 15 heteroatoms. The van der Waals surface area contributed by atoms with E-state index >= 15 is 0 Å². The third-order valence-electron chi connectivity index (χ3n) is 11.7. The van der Waals surface area contributed by atoms with E-state index in [1.807, 2.05) is 46.0 Å². The predicted octanol–water partition coefficient (Wildman–Crippen LogP) is 8.14. The fourth-order valence-electron chi connectivity index (χ4n) is 8.32. The van der Waals surface area contributed by atoms with E-state index in [0.29, 0.717) is 53.9 Å². The molecule has 1 N–H and O–H groups in total. The van der Waals surface area contributed by atoms with Gasteiger partial charge in [-0.2, -0.15) is 0 Å². The zero-order chi connectivity index (χ0) is 45.2. The van der Waals surface area contributed by atoms with Crippen LogP contribution in [0.1, 0.15) is 108 Å². The number of unbranched alkanes of at least 4 members (excludes halogenated alkanes) is 1. The van der Waals surface area contributed by atoms with Crippen LogP contribution >= 0.6 is 0 Å². The number of amides is 4. The van der Waals surface area contributed by atoms with Crippen molar-refractivity contribution >= 4 is 54.5 Å². The highest BCUT2D eigenvalue weighted by Gasteiger charge is 2.43. The molecule has 2 aromatic carbocycles. The molecule has 0 radical (unpaired) electrons. The lowest BCUT2D eigenvalue weighted by Crippen LogP contribution is -2.55. The molecule has 7 rings (SSSR count). The Hall–Kier alpha value is -5.69. The van der Waals surface area contributed by atoms with Crippen molar-refractivity contribution in [3.63, 3.8) is 0 Å². The summed E-state index contributed by atoms with van der Waals surface area (Å²) in [5, 5.41) is 3.66. The molecule has 13 nitrogen and oxygen atoms in total. The number of aromatic nitrogens is 2. The maximum atomic E-state index is 14.8. The SMILES string of the molecule is CN1CCC[C@@H]1c1cc2cnc(NC(=O)c3ccc(CCCC#Cc4cc(F)cc5c4CN(C4CCC(=O)N(COCC[Si](C)(C)C)C4=O)C5=O)cc3)cc2n1C(=O)OC(C)(C)C. The van der Waals surface area contributed by atoms with Crippen LogP contribution in [-0.2, 0) is 32.0 Å². The van der Waals surface area contributed by atoms with Crippen molar-refractivity contribution in [1.82, 2.24) is 24.3 Å². The number of nitrogens with one attached hydrogen (secondary N) is 1. The van der Waals surface area contributed by atoms with E-state index in [2.05, 4.69) is 46.7 Å². The first-order valence-corrected chi connectivity index (χ1v) is 25.5. The molecule has 2 aromatic heterocycles. The number of nitrogens with zero attached hydrogens (tertiary/aromatic N) is 5. The summed E-state index contributed by atoms with van der Waals surface area (Å²) in [6.07, 6.45) is 5.30. The molecule has 4 aromatic rings. The monoisotopic (exact) mass is 876 g/mol. The van der Waals surface area contributed by atoms with Crippen LogP contribution in [0.4, 0.5) is 15.0 Å². The normalized spacial score (nSPS) is 18.2. The van der Waals surface area contributed by atoms with Gasteiger partial charge in [0.2, 0.25) is 5.91 Å². The number of rotatable bonds is 12. The van der Waals surface area contributed by atoms with Crippen molar-refractivity contribution in [3.8, 4) is 11.8 Å². The number of carbonyl (C=O) groups is 5. The largest absolute Gasteiger partial charge is 0.443 e. The van der Waals surface area contributed by atoms with Gasteiger partial charge in [-0.25, -0.2) is 18.7 Å². The topological polar surface area (TPSA) is 143 Å². The number of carbonyl (C=O) groups excluding carboxylic acids is 5. The van der Waals surface area contributed by atoms with E-state index in [0.717, 1.165) is 47.0 Å². The van der Waals surface area contributed by atoms with Crippen LogP contribution in [0.2, 0.25) is 25.7 Å². The van der Waals surface area contributed by atoms with Crippen molar-refractivity contribution < 1.29 is 37.8 Å². The van der Waals surface area contributed by atoms with Crippen LogP contribution in [0.15, 0.2) is 54.7 Å². The second kappa shape index (κ2) is 18.6. The Morgan fingerprint density at radius 2 is 1.78 bits per heavy atom. The lowest BCUT2D eigenvalue weighted by Gasteiger charge is -2.35. The first-order chi connectivity index (χ1) is 29.9. The molecule has 2 fully saturated rings. The van der Waals surface area contributed by atoms with Gasteiger partial charge < -0.3 is 19.7 Å². The molecule has 0 spiro atoms. The standard InChI is InChI=1S/C48H57FN6O7Si/c1-48(2,3)62-47(60)55-40-27-42(50-28-34(40)25-41(55)38-14-11-21-52(38)4)51-44(57)32-17-15-31(16-18-32)12-9-8-10-13-33-24-35(49)26-36-37(33)29-53(45(36)58)39-19-20-43(56)54(46(39)59)30-61-22-23-63(5,6)7/h15-18,24-28,38-39H,8-9,11-12,14,19-23,29-30H2,1-7H3,(H,50,51,57)/t38-,39?/m1/s1. The van der Waals surface area contributed by atoms with E-state index in [4.69, 9.17) is 9.47 Å². The quantitative estimate of drug-likeness (QED) is 0.0646. The molecule has 0 bridgehead atoms. The van der Waals surface area contributed by atoms with Crippen molar-refractivity contribution in [2.45, 2.75) is 116 Å². The van der Waals surface area contributed by atoms with Crippen LogP contribution in [0.25, 0.3) is 10.9 Å². The zero-order valence-electron chi connectivity index (χ0n) is 37.3. The molecule has 2 saturated heterocycles. The number of hydrogen-bond acceptors (Lipinski definition) is 9. The summed E-state index contributed by atoms with van der Waals surface area (Å²) in [7, 11) is 0.686. The number of halogens is 1. The number of fused-ring (bicyclic) bond motifs is 2. The van der Waals surface area contributed by atoms with Gasteiger partial charge in [0.1, 0.15) is 30.0 Å². The Labute approximate surface area is 369 Å². The molecule has 2 atom stereocenters. The molecular weight excluding hydrogens is 820 g/mol. The first-order valence-electron chi connectivity index (χ1n) is 21.8. The van der Waals surface area contributed by atoms with Crippen LogP contribution in [0.5, 0.6) is 0 Å². The smallest absolute Gasteiger partial charge is 0.419 e. The highest BCUT2D eigenvalue weighted by Crippen LogP contribution is 2.36. The average molecular weight is 877 g/mol. The molecule has 1 unspecified atom stereocenters. The Bertz CT molecular complexity index is 2500. The molecule has 3 aliphatic heterocycles. The lowest BCUT2D eigenvalue weighted by atomic mass is 10.0. The summed E-state index contributed by atoms with van der Waals surface area (Å²) in [6, 6.07) is 13.6. The average Bonchev–Trinajstić information content (AvgIpc) is 3.91. The Morgan fingerprint density at radius 3 is 2.48 bits per heavy atom. The van der Waals surface area contributed by atoms with E-state index in [1.54, 1.807) is 29.0 Å². The first kappa shape index (κ1) is 45.3. The predicted molar refractivity (Wildman–Crippen MR) is 240 cm³/mol. The van der Waals surface area contributed by atoms with Crippen molar-refractivity contribution in [3.05, 3.63) is 94.1 Å².